The Balaban J connectivity index is 1.73. The lowest BCUT2D eigenvalue weighted by Crippen LogP contribution is -2.12. The zero-order valence-electron chi connectivity index (χ0n) is 14.4. The number of carbonyl (C=O) groups excluding carboxylic acids is 1. The van der Waals surface area contributed by atoms with Gasteiger partial charge in [0.15, 0.2) is 0 Å². The van der Waals surface area contributed by atoms with Crippen LogP contribution in [0.4, 0.5) is 11.4 Å². The first-order chi connectivity index (χ1) is 13.4. The van der Waals surface area contributed by atoms with Crippen LogP contribution in [-0.2, 0) is 6.61 Å². The van der Waals surface area contributed by atoms with Crippen LogP contribution in [0.25, 0.3) is 0 Å². The van der Waals surface area contributed by atoms with Gasteiger partial charge in [0.2, 0.25) is 0 Å². The molecule has 0 radical (unpaired) electrons. The quantitative estimate of drug-likeness (QED) is 0.410. The fourth-order valence-corrected chi connectivity index (χ4v) is 2.78. The number of benzene rings is 3. The van der Waals surface area contributed by atoms with Crippen molar-refractivity contribution in [3.8, 4) is 5.75 Å². The number of nitro benzene ring substituents is 1. The minimum Gasteiger partial charge on any atom is -0.489 e. The van der Waals surface area contributed by atoms with Crippen molar-refractivity contribution in [2.45, 2.75) is 6.61 Å². The normalized spacial score (nSPS) is 10.4. The highest BCUT2D eigenvalue weighted by Crippen LogP contribution is 2.27. The van der Waals surface area contributed by atoms with Gasteiger partial charge in [-0.3, -0.25) is 14.9 Å². The van der Waals surface area contributed by atoms with Gasteiger partial charge in [-0.1, -0.05) is 47.5 Å². The molecule has 6 nitrogen and oxygen atoms in total. The number of non-ortho nitro benzene ring substituents is 1. The van der Waals surface area contributed by atoms with Crippen molar-refractivity contribution in [2.75, 3.05) is 5.32 Å². The molecule has 0 saturated heterocycles. The van der Waals surface area contributed by atoms with E-state index in [-0.39, 0.29) is 23.0 Å². The van der Waals surface area contributed by atoms with Crippen LogP contribution >= 0.6 is 23.2 Å². The maximum atomic E-state index is 12.5. The molecule has 0 aliphatic carbocycles. The van der Waals surface area contributed by atoms with E-state index >= 15 is 0 Å². The van der Waals surface area contributed by atoms with Crippen molar-refractivity contribution < 1.29 is 14.5 Å². The topological polar surface area (TPSA) is 81.5 Å². The van der Waals surface area contributed by atoms with E-state index in [4.69, 9.17) is 27.9 Å². The van der Waals surface area contributed by atoms with Crippen molar-refractivity contribution in [3.63, 3.8) is 0 Å². The first kappa shape index (κ1) is 19.7. The fraction of sp³-hybridized carbons (Fsp3) is 0.0500. The summed E-state index contributed by atoms with van der Waals surface area (Å²) in [5, 5.41) is 14.3. The van der Waals surface area contributed by atoms with Crippen molar-refractivity contribution >= 4 is 40.5 Å². The highest BCUT2D eigenvalue weighted by molar-refractivity contribution is 6.34. The van der Waals surface area contributed by atoms with Crippen LogP contribution in [0.3, 0.4) is 0 Å². The third-order valence-electron chi connectivity index (χ3n) is 3.86. The maximum absolute atomic E-state index is 12.5. The molecule has 0 fully saturated rings. The Labute approximate surface area is 170 Å². The van der Waals surface area contributed by atoms with E-state index in [2.05, 4.69) is 5.32 Å². The SMILES string of the molecule is O=C(Nc1cc([N+](=O)[O-])ccc1Cl)c1cccc(OCc2ccccc2Cl)c1. The van der Waals surface area contributed by atoms with Crippen LogP contribution in [0.5, 0.6) is 5.75 Å². The summed E-state index contributed by atoms with van der Waals surface area (Å²) < 4.78 is 5.71. The Kier molecular flexibility index (Phi) is 6.13. The summed E-state index contributed by atoms with van der Waals surface area (Å²) in [6, 6.07) is 17.7. The number of rotatable bonds is 6. The van der Waals surface area contributed by atoms with E-state index in [0.29, 0.717) is 16.3 Å². The first-order valence-corrected chi connectivity index (χ1v) is 8.91. The Hall–Kier alpha value is -3.09. The van der Waals surface area contributed by atoms with Gasteiger partial charge in [0, 0.05) is 28.3 Å². The van der Waals surface area contributed by atoms with Gasteiger partial charge in [-0.15, -0.1) is 0 Å². The number of carbonyl (C=O) groups is 1. The summed E-state index contributed by atoms with van der Waals surface area (Å²) >= 11 is 12.1. The predicted octanol–water partition coefficient (Wildman–Crippen LogP) is 5.73. The molecule has 0 atom stereocenters. The smallest absolute Gasteiger partial charge is 0.271 e. The van der Waals surface area contributed by atoms with Crippen LogP contribution in [-0.4, -0.2) is 10.8 Å². The zero-order chi connectivity index (χ0) is 20.1. The molecule has 3 aromatic carbocycles. The van der Waals surface area contributed by atoms with Gasteiger partial charge in [-0.05, 0) is 30.3 Å². The molecule has 0 heterocycles. The minimum atomic E-state index is -0.560. The highest BCUT2D eigenvalue weighted by Gasteiger charge is 2.14. The van der Waals surface area contributed by atoms with Crippen LogP contribution in [0.1, 0.15) is 15.9 Å². The van der Waals surface area contributed by atoms with E-state index in [1.165, 1.54) is 18.2 Å². The lowest BCUT2D eigenvalue weighted by atomic mass is 10.2. The second-order valence-corrected chi connectivity index (χ2v) is 6.60. The third kappa shape index (κ3) is 4.79. The molecule has 3 rings (SSSR count). The van der Waals surface area contributed by atoms with Gasteiger partial charge in [0.25, 0.3) is 11.6 Å². The highest BCUT2D eigenvalue weighted by atomic mass is 35.5. The van der Waals surface area contributed by atoms with Crippen LogP contribution < -0.4 is 10.1 Å². The van der Waals surface area contributed by atoms with E-state index in [1.54, 1.807) is 30.3 Å². The second kappa shape index (κ2) is 8.73. The van der Waals surface area contributed by atoms with E-state index in [1.807, 2.05) is 18.2 Å². The van der Waals surface area contributed by atoms with E-state index in [0.717, 1.165) is 5.56 Å². The minimum absolute atomic E-state index is 0.156. The number of nitro groups is 1. The van der Waals surface area contributed by atoms with Crippen molar-refractivity contribution in [3.05, 3.63) is 98.0 Å². The Morgan fingerprint density at radius 3 is 2.54 bits per heavy atom. The van der Waals surface area contributed by atoms with Crippen molar-refractivity contribution in [1.29, 1.82) is 0 Å². The van der Waals surface area contributed by atoms with Crippen LogP contribution in [0.15, 0.2) is 66.7 Å². The number of nitrogens with zero attached hydrogens (tertiary/aromatic N) is 1. The first-order valence-electron chi connectivity index (χ1n) is 8.15. The summed E-state index contributed by atoms with van der Waals surface area (Å²) in [5.41, 5.74) is 1.13. The molecular formula is C20H14Cl2N2O4. The molecule has 8 heteroatoms. The molecule has 0 aromatic heterocycles. The van der Waals surface area contributed by atoms with Gasteiger partial charge in [0.1, 0.15) is 12.4 Å². The average molecular weight is 417 g/mol. The molecule has 142 valence electrons. The van der Waals surface area contributed by atoms with Gasteiger partial charge in [-0.25, -0.2) is 0 Å². The summed E-state index contributed by atoms with van der Waals surface area (Å²) in [4.78, 5) is 22.9. The summed E-state index contributed by atoms with van der Waals surface area (Å²) in [7, 11) is 0. The van der Waals surface area contributed by atoms with Gasteiger partial charge < -0.3 is 10.1 Å². The Morgan fingerprint density at radius 1 is 1.00 bits per heavy atom. The van der Waals surface area contributed by atoms with Gasteiger partial charge >= 0.3 is 0 Å². The lowest BCUT2D eigenvalue weighted by Gasteiger charge is -2.10. The van der Waals surface area contributed by atoms with E-state index < -0.39 is 10.8 Å². The summed E-state index contributed by atoms with van der Waals surface area (Å²) in [6.45, 7) is 0.251. The molecule has 0 aliphatic rings. The number of amides is 1. The lowest BCUT2D eigenvalue weighted by molar-refractivity contribution is -0.384. The maximum Gasteiger partial charge on any atom is 0.271 e. The van der Waals surface area contributed by atoms with Gasteiger partial charge in [-0.2, -0.15) is 0 Å². The summed E-state index contributed by atoms with van der Waals surface area (Å²) in [6.07, 6.45) is 0. The number of nitrogens with one attached hydrogen (secondary N) is 1. The molecule has 0 bridgehead atoms. The largest absolute Gasteiger partial charge is 0.489 e. The monoisotopic (exact) mass is 416 g/mol. The standard InChI is InChI=1S/C20H14Cl2N2O4/c21-17-7-2-1-4-14(17)12-28-16-6-3-5-13(10-16)20(25)23-19-11-15(24(26)27)8-9-18(19)22/h1-11H,12H2,(H,23,25). The molecule has 1 N–H and O–H groups in total. The molecule has 0 unspecified atom stereocenters. The molecule has 3 aromatic rings. The molecular weight excluding hydrogens is 403 g/mol. The number of anilines is 1. The second-order valence-electron chi connectivity index (χ2n) is 5.78. The predicted molar refractivity (Wildman–Crippen MR) is 108 cm³/mol. The number of hydrogen-bond donors (Lipinski definition) is 1. The molecule has 0 aliphatic heterocycles. The van der Waals surface area contributed by atoms with E-state index in [9.17, 15) is 14.9 Å². The molecule has 0 saturated carbocycles. The number of halogens is 2. The summed E-state index contributed by atoms with van der Waals surface area (Å²) in [5.74, 6) is 0.0169. The number of ether oxygens (including phenoxy) is 1. The zero-order valence-corrected chi connectivity index (χ0v) is 15.9. The Morgan fingerprint density at radius 2 is 1.79 bits per heavy atom. The Bertz CT molecular complexity index is 1040. The van der Waals surface area contributed by atoms with Crippen molar-refractivity contribution in [2.24, 2.45) is 0 Å². The van der Waals surface area contributed by atoms with Crippen LogP contribution in [0.2, 0.25) is 10.0 Å². The third-order valence-corrected chi connectivity index (χ3v) is 4.56. The fourth-order valence-electron chi connectivity index (χ4n) is 2.42. The molecule has 1 amide bonds. The average Bonchev–Trinajstić information content (AvgIpc) is 2.69. The van der Waals surface area contributed by atoms with Crippen molar-refractivity contribution in [1.82, 2.24) is 0 Å². The number of hydrogen-bond acceptors (Lipinski definition) is 4. The molecule has 28 heavy (non-hydrogen) atoms. The molecule has 0 spiro atoms. The van der Waals surface area contributed by atoms with Gasteiger partial charge in [0.05, 0.1) is 15.6 Å². The van der Waals surface area contributed by atoms with Crippen LogP contribution in [0, 0.1) is 10.1 Å².